The summed E-state index contributed by atoms with van der Waals surface area (Å²) < 4.78 is 50.5. The van der Waals surface area contributed by atoms with Crippen LogP contribution in [0.2, 0.25) is 0 Å². The lowest BCUT2D eigenvalue weighted by atomic mass is 10.4. The maximum absolute atomic E-state index is 12.6. The smallest absolute Gasteiger partial charge is 0.215 e. The van der Waals surface area contributed by atoms with Crippen molar-refractivity contribution >= 4 is 31.0 Å². The molecule has 2 N–H and O–H groups in total. The number of benzene rings is 2. The van der Waals surface area contributed by atoms with Gasteiger partial charge in [0.1, 0.15) is 4.21 Å². The van der Waals surface area contributed by atoms with E-state index < -0.39 is 19.7 Å². The first-order valence-corrected chi connectivity index (χ1v) is 11.1. The molecule has 0 spiro atoms. The van der Waals surface area contributed by atoms with Crippen LogP contribution in [0.25, 0.3) is 0 Å². The van der Waals surface area contributed by atoms with Gasteiger partial charge in [0.25, 0.3) is 0 Å². The Bertz CT molecular complexity index is 1080. The van der Waals surface area contributed by atoms with Gasteiger partial charge in [0, 0.05) is 11.4 Å². The molecule has 0 saturated carbocycles. The Morgan fingerprint density at radius 2 is 1.20 bits per heavy atom. The van der Waals surface area contributed by atoms with Gasteiger partial charge in [-0.05, 0) is 48.5 Å². The van der Waals surface area contributed by atoms with Crippen LogP contribution in [0.1, 0.15) is 4.88 Å². The number of sulfone groups is 2. The van der Waals surface area contributed by atoms with Crippen LogP contribution in [0.15, 0.2) is 85.6 Å². The van der Waals surface area contributed by atoms with Crippen LogP contribution in [0.3, 0.4) is 0 Å². The topological polar surface area (TPSA) is 94.3 Å². The van der Waals surface area contributed by atoms with Gasteiger partial charge < -0.3 is 5.73 Å². The van der Waals surface area contributed by atoms with E-state index in [1.807, 2.05) is 0 Å². The molecule has 0 saturated heterocycles. The van der Waals surface area contributed by atoms with Gasteiger partial charge in [-0.25, -0.2) is 16.8 Å². The Morgan fingerprint density at radius 1 is 0.680 bits per heavy atom. The first kappa shape index (κ1) is 17.8. The highest BCUT2D eigenvalue weighted by atomic mass is 32.2. The van der Waals surface area contributed by atoms with E-state index >= 15 is 0 Å². The molecule has 5 nitrogen and oxygen atoms in total. The van der Waals surface area contributed by atoms with Gasteiger partial charge in [-0.1, -0.05) is 18.2 Å². The summed E-state index contributed by atoms with van der Waals surface area (Å²) in [7, 11) is -7.36. The third-order valence-corrected chi connectivity index (χ3v) is 8.76. The molecule has 0 unspecified atom stereocenters. The van der Waals surface area contributed by atoms with Crippen molar-refractivity contribution in [2.45, 2.75) is 25.4 Å². The lowest BCUT2D eigenvalue weighted by Gasteiger charge is -2.06. The van der Waals surface area contributed by atoms with Gasteiger partial charge in [-0.2, -0.15) is 0 Å². The zero-order valence-electron chi connectivity index (χ0n) is 13.0. The van der Waals surface area contributed by atoms with E-state index in [1.54, 1.807) is 24.3 Å². The normalized spacial score (nSPS) is 12.2. The summed E-state index contributed by atoms with van der Waals surface area (Å²) in [6.45, 7) is 0.272. The van der Waals surface area contributed by atoms with E-state index in [0.29, 0.717) is 0 Å². The Kier molecular flexibility index (Phi) is 4.79. The van der Waals surface area contributed by atoms with Crippen molar-refractivity contribution < 1.29 is 16.8 Å². The average molecular weight is 394 g/mol. The van der Waals surface area contributed by atoms with Crippen LogP contribution in [-0.2, 0) is 26.2 Å². The molecular formula is C17H15NO4S3. The van der Waals surface area contributed by atoms with E-state index in [1.165, 1.54) is 42.5 Å². The van der Waals surface area contributed by atoms with E-state index in [9.17, 15) is 16.8 Å². The SMILES string of the molecule is NCc1ccc(S(=O)(=O)c2ccc(S(=O)(=O)c3ccccc3)cc2)s1. The van der Waals surface area contributed by atoms with Crippen molar-refractivity contribution in [3.63, 3.8) is 0 Å². The zero-order valence-corrected chi connectivity index (χ0v) is 15.4. The molecule has 1 heterocycles. The molecule has 2 aromatic carbocycles. The van der Waals surface area contributed by atoms with E-state index in [0.717, 1.165) is 16.2 Å². The van der Waals surface area contributed by atoms with Crippen LogP contribution in [0.5, 0.6) is 0 Å². The average Bonchev–Trinajstić information content (AvgIpc) is 3.12. The van der Waals surface area contributed by atoms with Crippen LogP contribution >= 0.6 is 11.3 Å². The molecule has 0 aliphatic rings. The fraction of sp³-hybridized carbons (Fsp3) is 0.0588. The number of thiophene rings is 1. The van der Waals surface area contributed by atoms with Gasteiger partial charge >= 0.3 is 0 Å². The zero-order chi connectivity index (χ0) is 18.1. The quantitative estimate of drug-likeness (QED) is 0.719. The summed E-state index contributed by atoms with van der Waals surface area (Å²) in [6, 6.07) is 16.4. The van der Waals surface area contributed by atoms with Gasteiger partial charge in [0.15, 0.2) is 0 Å². The molecule has 3 aromatic rings. The van der Waals surface area contributed by atoms with Gasteiger partial charge in [-0.3, -0.25) is 0 Å². The second-order valence-electron chi connectivity index (χ2n) is 5.22. The van der Waals surface area contributed by atoms with Gasteiger partial charge in [0.2, 0.25) is 19.7 Å². The highest BCUT2D eigenvalue weighted by molar-refractivity contribution is 7.93. The molecule has 8 heteroatoms. The Labute approximate surface area is 150 Å². The molecule has 3 rings (SSSR count). The largest absolute Gasteiger partial charge is 0.326 e. The van der Waals surface area contributed by atoms with Crippen molar-refractivity contribution in [2.24, 2.45) is 5.73 Å². The van der Waals surface area contributed by atoms with Gasteiger partial charge in [0.05, 0.1) is 14.7 Å². The van der Waals surface area contributed by atoms with E-state index in [4.69, 9.17) is 5.73 Å². The van der Waals surface area contributed by atoms with Gasteiger partial charge in [-0.15, -0.1) is 11.3 Å². The molecule has 130 valence electrons. The number of hydrogen-bond donors (Lipinski definition) is 1. The summed E-state index contributed by atoms with van der Waals surface area (Å²) in [6.07, 6.45) is 0. The van der Waals surface area contributed by atoms with Crippen LogP contribution in [-0.4, -0.2) is 16.8 Å². The fourth-order valence-corrected chi connectivity index (χ4v) is 6.18. The van der Waals surface area contributed by atoms with Crippen LogP contribution in [0.4, 0.5) is 0 Å². The minimum Gasteiger partial charge on any atom is -0.326 e. The molecule has 1 aromatic heterocycles. The van der Waals surface area contributed by atoms with Crippen molar-refractivity contribution in [1.82, 2.24) is 0 Å². The molecule has 25 heavy (non-hydrogen) atoms. The summed E-state index contributed by atoms with van der Waals surface area (Å²) in [5.41, 5.74) is 5.52. The molecule has 0 atom stereocenters. The molecule has 0 aliphatic heterocycles. The summed E-state index contributed by atoms with van der Waals surface area (Å²) in [5, 5.41) is 0. The third kappa shape index (κ3) is 3.38. The highest BCUT2D eigenvalue weighted by Gasteiger charge is 2.22. The monoisotopic (exact) mass is 393 g/mol. The summed E-state index contributed by atoms with van der Waals surface area (Å²) in [5.74, 6) is 0. The van der Waals surface area contributed by atoms with Crippen molar-refractivity contribution in [1.29, 1.82) is 0 Å². The predicted molar refractivity (Wildman–Crippen MR) is 96.0 cm³/mol. The van der Waals surface area contributed by atoms with Crippen LogP contribution < -0.4 is 5.73 Å². The first-order valence-electron chi connectivity index (χ1n) is 7.30. The predicted octanol–water partition coefficient (Wildman–Crippen LogP) is 2.87. The first-order chi connectivity index (χ1) is 11.9. The maximum atomic E-state index is 12.6. The fourth-order valence-electron chi connectivity index (χ4n) is 2.26. The Hall–Kier alpha value is -2.00. The Morgan fingerprint density at radius 3 is 1.72 bits per heavy atom. The van der Waals surface area contributed by atoms with E-state index in [2.05, 4.69) is 0 Å². The molecular weight excluding hydrogens is 378 g/mol. The minimum absolute atomic E-state index is 0.0462. The summed E-state index contributed by atoms with van der Waals surface area (Å²) in [4.78, 5) is 1.02. The minimum atomic E-state index is -3.69. The van der Waals surface area contributed by atoms with Crippen molar-refractivity contribution in [3.05, 3.63) is 71.6 Å². The molecule has 0 radical (unpaired) electrons. The second-order valence-corrected chi connectivity index (χ2v) is 10.5. The molecule has 0 amide bonds. The second kappa shape index (κ2) is 6.72. The maximum Gasteiger partial charge on any atom is 0.215 e. The van der Waals surface area contributed by atoms with E-state index in [-0.39, 0.29) is 25.4 Å². The molecule has 0 fully saturated rings. The lowest BCUT2D eigenvalue weighted by Crippen LogP contribution is -2.04. The van der Waals surface area contributed by atoms with Crippen LogP contribution in [0, 0.1) is 0 Å². The number of hydrogen-bond acceptors (Lipinski definition) is 6. The lowest BCUT2D eigenvalue weighted by molar-refractivity contribution is 0.593. The standard InChI is InChI=1S/C17H15NO4S3/c18-12-13-6-11-17(23-13)25(21,22)16-9-7-15(8-10-16)24(19,20)14-4-2-1-3-5-14/h1-11H,12,18H2. The number of nitrogens with two attached hydrogens (primary N) is 1. The highest BCUT2D eigenvalue weighted by Crippen LogP contribution is 2.29. The molecule has 0 bridgehead atoms. The van der Waals surface area contributed by atoms with Crippen molar-refractivity contribution in [3.8, 4) is 0 Å². The summed E-state index contributed by atoms with van der Waals surface area (Å²) >= 11 is 1.11. The molecule has 0 aliphatic carbocycles. The third-order valence-electron chi connectivity index (χ3n) is 3.60. The number of rotatable bonds is 5. The van der Waals surface area contributed by atoms with Crippen molar-refractivity contribution in [2.75, 3.05) is 0 Å². The Balaban J connectivity index is 1.98.